The minimum absolute atomic E-state index is 0.00171. The topological polar surface area (TPSA) is 128 Å². The highest BCUT2D eigenvalue weighted by Crippen LogP contribution is 2.34. The lowest BCUT2D eigenvalue weighted by Gasteiger charge is -2.30. The van der Waals surface area contributed by atoms with Gasteiger partial charge in [-0.2, -0.15) is 0 Å². The molecule has 0 radical (unpaired) electrons. The Morgan fingerprint density at radius 2 is 1.64 bits per heavy atom. The summed E-state index contributed by atoms with van der Waals surface area (Å²) in [5.41, 5.74) is 1.41. The van der Waals surface area contributed by atoms with Gasteiger partial charge in [-0.15, -0.1) is 0 Å². The number of aromatic hydroxyl groups is 1. The number of likely N-dealkylation sites (tertiary alicyclic amines) is 1. The van der Waals surface area contributed by atoms with Crippen molar-refractivity contribution in [2.45, 2.75) is 51.9 Å². The van der Waals surface area contributed by atoms with Crippen LogP contribution >= 0.6 is 0 Å². The molecule has 0 aliphatic carbocycles. The molecule has 182 valence electrons. The summed E-state index contributed by atoms with van der Waals surface area (Å²) in [6.07, 6.45) is 4.92. The van der Waals surface area contributed by atoms with Gasteiger partial charge in [0.2, 0.25) is 10.0 Å². The maximum atomic E-state index is 12.6. The number of benzene rings is 1. The van der Waals surface area contributed by atoms with E-state index in [9.17, 15) is 23.1 Å². The zero-order valence-electron chi connectivity index (χ0n) is 19.3. The highest BCUT2D eigenvalue weighted by atomic mass is 32.2. The van der Waals surface area contributed by atoms with E-state index < -0.39 is 16.1 Å². The number of phenolic OH excluding ortho intramolecular Hbond substituents is 1. The molecule has 2 aliphatic rings. The molecule has 0 saturated carbocycles. The van der Waals surface area contributed by atoms with Crippen molar-refractivity contribution in [1.82, 2.24) is 9.21 Å². The average Bonchev–Trinajstić information content (AvgIpc) is 2.79. The summed E-state index contributed by atoms with van der Waals surface area (Å²) in [6.45, 7) is 5.76. The van der Waals surface area contributed by atoms with Crippen LogP contribution in [0.2, 0.25) is 0 Å². The monoisotopic (exact) mass is 480 g/mol. The molecule has 0 spiro atoms. The molecule has 2 fully saturated rings. The zero-order valence-corrected chi connectivity index (χ0v) is 20.2. The summed E-state index contributed by atoms with van der Waals surface area (Å²) in [6, 6.07) is 3.07. The Hall–Kier alpha value is -2.59. The predicted octanol–water partition coefficient (Wildman–Crippen LogP) is 3.40. The SMILES string of the molecule is Cc1c(C2CCN(S(C)(=O)=O)CC2)oc2c(C)c(O)ccc2c1=O.O=C(O)N1CCCCC1. The van der Waals surface area contributed by atoms with Gasteiger partial charge < -0.3 is 19.5 Å². The van der Waals surface area contributed by atoms with Crippen LogP contribution < -0.4 is 5.43 Å². The molecule has 0 unspecified atom stereocenters. The van der Waals surface area contributed by atoms with Gasteiger partial charge in [-0.3, -0.25) is 4.79 Å². The van der Waals surface area contributed by atoms with Crippen LogP contribution in [0.3, 0.4) is 0 Å². The summed E-state index contributed by atoms with van der Waals surface area (Å²) < 4.78 is 30.7. The van der Waals surface area contributed by atoms with E-state index in [4.69, 9.17) is 9.52 Å². The van der Waals surface area contributed by atoms with Crippen molar-refractivity contribution in [1.29, 1.82) is 0 Å². The van der Waals surface area contributed by atoms with Crippen LogP contribution in [0.25, 0.3) is 11.0 Å². The second-order valence-corrected chi connectivity index (χ2v) is 10.8. The smallest absolute Gasteiger partial charge is 0.407 e. The Balaban J connectivity index is 0.000000286. The summed E-state index contributed by atoms with van der Waals surface area (Å²) >= 11 is 0. The summed E-state index contributed by atoms with van der Waals surface area (Å²) in [5.74, 6) is 0.698. The van der Waals surface area contributed by atoms with Crippen molar-refractivity contribution in [3.63, 3.8) is 0 Å². The third-order valence-corrected chi connectivity index (χ3v) is 7.77. The molecule has 2 aliphatic heterocycles. The first kappa shape index (κ1) is 25.0. The molecule has 9 nitrogen and oxygen atoms in total. The molecule has 33 heavy (non-hydrogen) atoms. The number of aryl methyl sites for hydroxylation is 1. The molecule has 1 aromatic heterocycles. The van der Waals surface area contributed by atoms with E-state index in [1.807, 2.05) is 0 Å². The lowest BCUT2D eigenvalue weighted by molar-refractivity contribution is 0.136. The minimum Gasteiger partial charge on any atom is -0.508 e. The van der Waals surface area contributed by atoms with E-state index in [1.165, 1.54) is 27.9 Å². The molecular formula is C23H32N2O7S. The number of amides is 1. The summed E-state index contributed by atoms with van der Waals surface area (Å²) in [4.78, 5) is 24.4. The fourth-order valence-electron chi connectivity index (χ4n) is 4.42. The van der Waals surface area contributed by atoms with Gasteiger partial charge in [0.05, 0.1) is 11.6 Å². The number of sulfonamides is 1. The number of hydrogen-bond donors (Lipinski definition) is 2. The second-order valence-electron chi connectivity index (χ2n) is 8.77. The molecule has 2 saturated heterocycles. The van der Waals surface area contributed by atoms with Crippen molar-refractivity contribution in [2.75, 3.05) is 32.4 Å². The zero-order chi connectivity index (χ0) is 24.3. The van der Waals surface area contributed by atoms with Crippen LogP contribution in [-0.4, -0.2) is 66.4 Å². The van der Waals surface area contributed by atoms with E-state index in [1.54, 1.807) is 19.9 Å². The van der Waals surface area contributed by atoms with Gasteiger partial charge in [-0.05, 0) is 58.1 Å². The minimum atomic E-state index is -3.19. The molecule has 0 bridgehead atoms. The van der Waals surface area contributed by atoms with Crippen LogP contribution in [0.1, 0.15) is 54.9 Å². The van der Waals surface area contributed by atoms with E-state index in [2.05, 4.69) is 0 Å². The number of nitrogens with zero attached hydrogens (tertiary/aromatic N) is 2. The third-order valence-electron chi connectivity index (χ3n) is 6.46. The van der Waals surface area contributed by atoms with Crippen LogP contribution in [0.15, 0.2) is 21.3 Å². The van der Waals surface area contributed by atoms with Gasteiger partial charge in [0, 0.05) is 43.2 Å². The number of phenols is 1. The van der Waals surface area contributed by atoms with Crippen molar-refractivity contribution >= 4 is 27.1 Å². The van der Waals surface area contributed by atoms with Gasteiger partial charge in [0.15, 0.2) is 5.43 Å². The molecule has 10 heteroatoms. The Labute approximate surface area is 193 Å². The van der Waals surface area contributed by atoms with Crippen molar-refractivity contribution in [2.24, 2.45) is 0 Å². The average molecular weight is 481 g/mol. The number of carboxylic acid groups (broad SMARTS) is 1. The van der Waals surface area contributed by atoms with Gasteiger partial charge in [-0.25, -0.2) is 17.5 Å². The van der Waals surface area contributed by atoms with Crippen LogP contribution in [0, 0.1) is 13.8 Å². The predicted molar refractivity (Wildman–Crippen MR) is 125 cm³/mol. The fourth-order valence-corrected chi connectivity index (χ4v) is 5.29. The molecule has 3 heterocycles. The van der Waals surface area contributed by atoms with Crippen LogP contribution in [0.5, 0.6) is 5.75 Å². The summed E-state index contributed by atoms with van der Waals surface area (Å²) in [7, 11) is -3.19. The van der Waals surface area contributed by atoms with E-state index >= 15 is 0 Å². The first-order chi connectivity index (χ1) is 15.5. The first-order valence-electron chi connectivity index (χ1n) is 11.2. The number of carbonyl (C=O) groups is 1. The maximum absolute atomic E-state index is 12.6. The standard InChI is InChI=1S/C17H21NO5S.C6H11NO2/c1-10-14(19)5-4-13-15(20)11(2)16(23-17(10)13)12-6-8-18(9-7-12)24(3,21)22;8-6(9)7-4-2-1-3-5-7/h4-5,12,19H,6-9H2,1-3H3;1-5H2,(H,8,9). The van der Waals surface area contributed by atoms with Gasteiger partial charge in [0.25, 0.3) is 0 Å². The molecule has 2 aromatic rings. The quantitative estimate of drug-likeness (QED) is 0.674. The molecule has 4 rings (SSSR count). The largest absolute Gasteiger partial charge is 0.508 e. The van der Waals surface area contributed by atoms with Crippen LogP contribution in [-0.2, 0) is 10.0 Å². The van der Waals surface area contributed by atoms with Gasteiger partial charge >= 0.3 is 6.09 Å². The second kappa shape index (κ2) is 10.1. The highest BCUT2D eigenvalue weighted by Gasteiger charge is 2.29. The molecule has 0 atom stereocenters. The number of rotatable bonds is 2. The Bertz CT molecular complexity index is 1180. The van der Waals surface area contributed by atoms with Gasteiger partial charge in [0.1, 0.15) is 17.1 Å². The third kappa shape index (κ3) is 5.67. The molecular weight excluding hydrogens is 448 g/mol. The Kier molecular flexibility index (Phi) is 7.69. The van der Waals surface area contributed by atoms with Crippen molar-refractivity contribution in [3.8, 4) is 5.75 Å². The van der Waals surface area contributed by atoms with E-state index in [-0.39, 0.29) is 17.1 Å². The Morgan fingerprint density at radius 1 is 1.03 bits per heavy atom. The maximum Gasteiger partial charge on any atom is 0.407 e. The van der Waals surface area contributed by atoms with E-state index in [0.29, 0.717) is 53.8 Å². The molecule has 1 aromatic carbocycles. The number of hydrogen-bond acceptors (Lipinski definition) is 6. The lowest BCUT2D eigenvalue weighted by atomic mass is 9.92. The van der Waals surface area contributed by atoms with Crippen LogP contribution in [0.4, 0.5) is 4.79 Å². The van der Waals surface area contributed by atoms with Crippen molar-refractivity contribution < 1.29 is 27.8 Å². The fraction of sp³-hybridized carbons (Fsp3) is 0.565. The highest BCUT2D eigenvalue weighted by molar-refractivity contribution is 7.88. The van der Waals surface area contributed by atoms with E-state index in [0.717, 1.165) is 25.9 Å². The number of fused-ring (bicyclic) bond motifs is 1. The summed E-state index contributed by atoms with van der Waals surface area (Å²) in [5, 5.41) is 18.8. The van der Waals surface area contributed by atoms with Gasteiger partial charge in [-0.1, -0.05) is 0 Å². The number of piperidine rings is 2. The van der Waals surface area contributed by atoms with Crippen molar-refractivity contribution in [3.05, 3.63) is 39.2 Å². The first-order valence-corrected chi connectivity index (χ1v) is 13.0. The molecule has 1 amide bonds. The normalized spacial score (nSPS) is 18.1. The Morgan fingerprint density at radius 3 is 2.15 bits per heavy atom. The lowest BCUT2D eigenvalue weighted by Crippen LogP contribution is -2.37. The molecule has 2 N–H and O–H groups in total.